The normalized spacial score (nSPS) is 12.6. The Kier molecular flexibility index (Phi) is 27.6. The van der Waals surface area contributed by atoms with Gasteiger partial charge in [0.05, 0.1) is 6.17 Å². The highest BCUT2D eigenvalue weighted by atomic mass is 15.5. The molecule has 0 aromatic heterocycles. The maximum Gasteiger partial charge on any atom is 0.0708 e. The summed E-state index contributed by atoms with van der Waals surface area (Å²) in [6.07, 6.45) is 15.6. The van der Waals surface area contributed by atoms with Gasteiger partial charge in [0.2, 0.25) is 0 Å². The van der Waals surface area contributed by atoms with Gasteiger partial charge in [0.15, 0.2) is 0 Å². The standard InChI is InChI=1S/C24H59N9/c25-13-11-9-7-5-3-1-2-4-6-8-10-12-24(28)33(32-21-20-30-17-15-27)23-22-31-19-18-29-16-14-26/h24,29-32H,1-23,25-28H2. The third-order valence-corrected chi connectivity index (χ3v) is 5.87. The number of unbranched alkanes of at least 4 members (excludes halogenated alkanes) is 10. The van der Waals surface area contributed by atoms with Gasteiger partial charge in [0.25, 0.3) is 0 Å². The molecule has 0 amide bonds. The third kappa shape index (κ3) is 24.6. The van der Waals surface area contributed by atoms with E-state index >= 15 is 0 Å². The lowest BCUT2D eigenvalue weighted by molar-refractivity contribution is 0.119. The first kappa shape index (κ1) is 32.6. The summed E-state index contributed by atoms with van der Waals surface area (Å²) in [5.41, 5.74) is 26.6. The highest BCUT2D eigenvalue weighted by molar-refractivity contribution is 4.66. The molecule has 0 aliphatic carbocycles. The summed E-state index contributed by atoms with van der Waals surface area (Å²) in [5.74, 6) is 0. The van der Waals surface area contributed by atoms with E-state index in [1.165, 1.54) is 70.6 Å². The summed E-state index contributed by atoms with van der Waals surface area (Å²) in [4.78, 5) is 0. The molecule has 0 fully saturated rings. The molecule has 0 heterocycles. The SMILES string of the molecule is NCCCCCCCCCCCCCC(N)N(CCNCCNCCN)NCCNCCN. The maximum atomic E-state index is 6.53. The Bertz CT molecular complexity index is 361. The quantitative estimate of drug-likeness (QED) is 0.0458. The van der Waals surface area contributed by atoms with Crippen molar-refractivity contribution in [2.45, 2.75) is 83.2 Å². The molecule has 0 saturated carbocycles. The summed E-state index contributed by atoms with van der Waals surface area (Å²) in [6, 6.07) is 0. The van der Waals surface area contributed by atoms with Gasteiger partial charge in [-0.25, -0.2) is 5.01 Å². The molecule has 1 unspecified atom stereocenters. The van der Waals surface area contributed by atoms with Crippen LogP contribution in [0.2, 0.25) is 0 Å². The van der Waals surface area contributed by atoms with E-state index in [-0.39, 0.29) is 6.17 Å². The lowest BCUT2D eigenvalue weighted by atomic mass is 10.0. The molecule has 0 bridgehead atoms. The first-order valence-electron chi connectivity index (χ1n) is 13.7. The Morgan fingerprint density at radius 3 is 1.45 bits per heavy atom. The van der Waals surface area contributed by atoms with Crippen LogP contribution in [0.1, 0.15) is 77.0 Å². The van der Waals surface area contributed by atoms with Crippen LogP contribution in [0.4, 0.5) is 0 Å². The van der Waals surface area contributed by atoms with Crippen molar-refractivity contribution in [1.82, 2.24) is 26.4 Å². The fourth-order valence-corrected chi connectivity index (χ4v) is 3.85. The highest BCUT2D eigenvalue weighted by Crippen LogP contribution is 2.12. The molecule has 9 heteroatoms. The Labute approximate surface area is 204 Å². The van der Waals surface area contributed by atoms with Crippen LogP contribution in [-0.4, -0.2) is 83.2 Å². The van der Waals surface area contributed by atoms with Crippen molar-refractivity contribution in [1.29, 1.82) is 0 Å². The van der Waals surface area contributed by atoms with E-state index in [1.54, 1.807) is 0 Å². The van der Waals surface area contributed by atoms with Crippen molar-refractivity contribution in [3.8, 4) is 0 Å². The molecular weight excluding hydrogens is 414 g/mol. The fraction of sp³-hybridized carbons (Fsp3) is 1.00. The van der Waals surface area contributed by atoms with Crippen LogP contribution < -0.4 is 44.3 Å². The van der Waals surface area contributed by atoms with Crippen molar-refractivity contribution >= 4 is 0 Å². The number of hydrazine groups is 1. The van der Waals surface area contributed by atoms with Crippen LogP contribution in [0.25, 0.3) is 0 Å². The predicted octanol–water partition coefficient (Wildman–Crippen LogP) is 0.404. The van der Waals surface area contributed by atoms with Crippen molar-refractivity contribution in [2.24, 2.45) is 22.9 Å². The van der Waals surface area contributed by atoms with E-state index in [1.807, 2.05) is 0 Å². The number of nitrogens with two attached hydrogens (primary N) is 4. The van der Waals surface area contributed by atoms with Crippen molar-refractivity contribution in [2.75, 3.05) is 72.0 Å². The minimum atomic E-state index is 0.0465. The predicted molar refractivity (Wildman–Crippen MR) is 144 cm³/mol. The molecule has 0 aliphatic rings. The average Bonchev–Trinajstić information content (AvgIpc) is 2.82. The molecular formula is C24H59N9. The fourth-order valence-electron chi connectivity index (χ4n) is 3.85. The van der Waals surface area contributed by atoms with Crippen molar-refractivity contribution in [3.63, 3.8) is 0 Å². The second-order valence-electron chi connectivity index (χ2n) is 8.96. The molecule has 9 nitrogen and oxygen atoms in total. The summed E-state index contributed by atoms with van der Waals surface area (Å²) in [7, 11) is 0. The second-order valence-corrected chi connectivity index (χ2v) is 8.96. The van der Waals surface area contributed by atoms with Gasteiger partial charge in [-0.2, -0.15) is 0 Å². The van der Waals surface area contributed by atoms with Crippen LogP contribution in [0.5, 0.6) is 0 Å². The Balaban J connectivity index is 3.86. The Morgan fingerprint density at radius 1 is 0.485 bits per heavy atom. The highest BCUT2D eigenvalue weighted by Gasteiger charge is 2.13. The smallest absolute Gasteiger partial charge is 0.0708 e. The van der Waals surface area contributed by atoms with E-state index in [2.05, 4.69) is 26.4 Å². The molecule has 0 aliphatic heterocycles. The van der Waals surface area contributed by atoms with E-state index in [9.17, 15) is 0 Å². The molecule has 0 saturated heterocycles. The first-order chi connectivity index (χ1) is 16.3. The molecule has 0 rings (SSSR count). The zero-order chi connectivity index (χ0) is 24.2. The molecule has 12 N–H and O–H groups in total. The van der Waals surface area contributed by atoms with Crippen LogP contribution >= 0.6 is 0 Å². The number of rotatable bonds is 28. The monoisotopic (exact) mass is 473 g/mol. The second kappa shape index (κ2) is 27.9. The summed E-state index contributed by atoms with van der Waals surface area (Å²) in [6.45, 7) is 9.33. The molecule has 0 radical (unpaired) electrons. The maximum absolute atomic E-state index is 6.53. The van der Waals surface area contributed by atoms with Gasteiger partial charge in [-0.05, 0) is 19.4 Å². The van der Waals surface area contributed by atoms with Crippen molar-refractivity contribution < 1.29 is 0 Å². The van der Waals surface area contributed by atoms with Gasteiger partial charge < -0.3 is 38.9 Å². The average molecular weight is 474 g/mol. The summed E-state index contributed by atoms with van der Waals surface area (Å²) >= 11 is 0. The van der Waals surface area contributed by atoms with E-state index < -0.39 is 0 Å². The minimum Gasteiger partial charge on any atom is -0.330 e. The van der Waals surface area contributed by atoms with Crippen LogP contribution in [-0.2, 0) is 0 Å². The van der Waals surface area contributed by atoms with Gasteiger partial charge >= 0.3 is 0 Å². The lowest BCUT2D eigenvalue weighted by Gasteiger charge is -2.30. The first-order valence-corrected chi connectivity index (χ1v) is 13.7. The molecule has 0 spiro atoms. The zero-order valence-electron chi connectivity index (χ0n) is 21.6. The minimum absolute atomic E-state index is 0.0465. The van der Waals surface area contributed by atoms with E-state index in [0.717, 1.165) is 65.3 Å². The van der Waals surface area contributed by atoms with Crippen LogP contribution in [0.3, 0.4) is 0 Å². The molecule has 200 valence electrons. The Morgan fingerprint density at radius 2 is 0.939 bits per heavy atom. The molecule has 0 aromatic rings. The molecule has 1 atom stereocenters. The van der Waals surface area contributed by atoms with Gasteiger partial charge in [-0.1, -0.05) is 64.2 Å². The lowest BCUT2D eigenvalue weighted by Crippen LogP contribution is -2.54. The van der Waals surface area contributed by atoms with Gasteiger partial charge in [0.1, 0.15) is 0 Å². The van der Waals surface area contributed by atoms with Crippen LogP contribution in [0.15, 0.2) is 0 Å². The number of hydrogen-bond acceptors (Lipinski definition) is 9. The largest absolute Gasteiger partial charge is 0.330 e. The number of hydrogen-bond donors (Lipinski definition) is 8. The van der Waals surface area contributed by atoms with Gasteiger partial charge in [-0.3, -0.25) is 5.43 Å². The third-order valence-electron chi connectivity index (χ3n) is 5.87. The number of nitrogens with zero attached hydrogens (tertiary/aromatic N) is 1. The van der Waals surface area contributed by atoms with Gasteiger partial charge in [0, 0.05) is 65.4 Å². The molecule has 0 aromatic carbocycles. The summed E-state index contributed by atoms with van der Waals surface area (Å²) in [5, 5.41) is 12.3. The number of nitrogens with one attached hydrogen (secondary N) is 4. The molecule has 33 heavy (non-hydrogen) atoms. The van der Waals surface area contributed by atoms with E-state index in [4.69, 9.17) is 22.9 Å². The topological polar surface area (TPSA) is 155 Å². The zero-order valence-corrected chi connectivity index (χ0v) is 21.6. The van der Waals surface area contributed by atoms with Crippen LogP contribution in [0, 0.1) is 0 Å². The summed E-state index contributed by atoms with van der Waals surface area (Å²) < 4.78 is 0. The van der Waals surface area contributed by atoms with Gasteiger partial charge in [-0.15, -0.1) is 0 Å². The van der Waals surface area contributed by atoms with E-state index in [0.29, 0.717) is 13.1 Å². The Hall–Kier alpha value is -0.360. The van der Waals surface area contributed by atoms with Crippen molar-refractivity contribution in [3.05, 3.63) is 0 Å².